The van der Waals surface area contributed by atoms with Crippen LogP contribution >= 0.6 is 0 Å². The van der Waals surface area contributed by atoms with E-state index in [1.54, 1.807) is 6.07 Å². The van der Waals surface area contributed by atoms with Gasteiger partial charge >= 0.3 is 17.6 Å². The predicted molar refractivity (Wildman–Crippen MR) is 100 cm³/mol. The Morgan fingerprint density at radius 3 is 2.72 bits per heavy atom. The normalized spacial score (nSPS) is 17.9. The van der Waals surface area contributed by atoms with Crippen molar-refractivity contribution in [1.29, 1.82) is 0 Å². The van der Waals surface area contributed by atoms with Gasteiger partial charge in [-0.3, -0.25) is 14.5 Å². The Balaban J connectivity index is 1.38. The predicted octanol–water partition coefficient (Wildman–Crippen LogP) is 1.80. The first-order chi connectivity index (χ1) is 13.9. The van der Waals surface area contributed by atoms with Crippen molar-refractivity contribution in [3.05, 3.63) is 40.2 Å². The van der Waals surface area contributed by atoms with Crippen LogP contribution in [0.1, 0.15) is 37.7 Å². The number of hydrogen-bond donors (Lipinski definition) is 2. The van der Waals surface area contributed by atoms with E-state index in [9.17, 15) is 24.3 Å². The highest BCUT2D eigenvalue weighted by atomic mass is 16.5. The average Bonchev–Trinajstić information content (AvgIpc) is 3.23. The lowest BCUT2D eigenvalue weighted by atomic mass is 9.98. The minimum Gasteiger partial charge on any atom is -0.508 e. The van der Waals surface area contributed by atoms with E-state index in [0.717, 1.165) is 17.7 Å². The highest BCUT2D eigenvalue weighted by Gasteiger charge is 2.52. The molecule has 2 aromatic rings. The number of nitrogens with one attached hydrogen (secondary N) is 1. The van der Waals surface area contributed by atoms with E-state index in [0.29, 0.717) is 23.8 Å². The Hall–Kier alpha value is -3.36. The summed E-state index contributed by atoms with van der Waals surface area (Å²) in [6, 6.07) is 5.04. The zero-order valence-corrected chi connectivity index (χ0v) is 15.6. The molecule has 2 aliphatic rings. The lowest BCUT2D eigenvalue weighted by Gasteiger charge is -2.19. The lowest BCUT2D eigenvalue weighted by Crippen LogP contribution is -2.44. The number of nitrogens with zero attached hydrogens (tertiary/aromatic N) is 1. The zero-order chi connectivity index (χ0) is 20.6. The molecular formula is C20H20N2O7. The Labute approximate surface area is 165 Å². The van der Waals surface area contributed by atoms with E-state index in [4.69, 9.17) is 9.15 Å². The standard InChI is InChI=1S/C20H20N2O7/c23-13-3-4-14-12(9-17(25)29-15(14)10-13)11-28-16(24)5-8-22-18(26)20(21-19(22)27)6-1-2-7-20/h3-4,9-10,23H,1-2,5-8,11H2,(H,21,27). The van der Waals surface area contributed by atoms with Crippen LogP contribution in [0.25, 0.3) is 11.0 Å². The van der Waals surface area contributed by atoms with Gasteiger partial charge in [0.25, 0.3) is 5.91 Å². The summed E-state index contributed by atoms with van der Waals surface area (Å²) in [4.78, 5) is 49.6. The minimum atomic E-state index is -0.802. The van der Waals surface area contributed by atoms with E-state index in [1.807, 2.05) is 0 Å². The lowest BCUT2D eigenvalue weighted by molar-refractivity contribution is -0.145. The number of imide groups is 1. The molecule has 1 saturated carbocycles. The molecule has 2 N–H and O–H groups in total. The molecule has 1 aliphatic heterocycles. The highest BCUT2D eigenvalue weighted by molar-refractivity contribution is 6.07. The monoisotopic (exact) mass is 400 g/mol. The fourth-order valence-corrected chi connectivity index (χ4v) is 3.97. The maximum atomic E-state index is 12.6. The van der Waals surface area contributed by atoms with Crippen molar-refractivity contribution in [2.75, 3.05) is 6.54 Å². The van der Waals surface area contributed by atoms with E-state index in [2.05, 4.69) is 5.32 Å². The number of amides is 3. The van der Waals surface area contributed by atoms with Crippen LogP contribution in [0.4, 0.5) is 4.79 Å². The maximum absolute atomic E-state index is 12.6. The summed E-state index contributed by atoms with van der Waals surface area (Å²) in [5.74, 6) is -0.930. The first-order valence-electron chi connectivity index (χ1n) is 9.43. The molecule has 0 radical (unpaired) electrons. The van der Waals surface area contributed by atoms with Crippen molar-refractivity contribution in [3.63, 3.8) is 0 Å². The number of ether oxygens (including phenoxy) is 1. The third kappa shape index (κ3) is 3.55. The molecule has 0 atom stereocenters. The maximum Gasteiger partial charge on any atom is 0.336 e. The Morgan fingerprint density at radius 1 is 1.21 bits per heavy atom. The van der Waals surface area contributed by atoms with Crippen LogP contribution in [0, 0.1) is 0 Å². The number of hydrogen-bond acceptors (Lipinski definition) is 7. The Kier molecular flexibility index (Phi) is 4.73. The number of rotatable bonds is 5. The van der Waals surface area contributed by atoms with Crippen molar-refractivity contribution >= 4 is 28.9 Å². The largest absolute Gasteiger partial charge is 0.508 e. The Bertz CT molecular complexity index is 1050. The molecule has 1 aromatic carbocycles. The second kappa shape index (κ2) is 7.23. The number of fused-ring (bicyclic) bond motifs is 1. The molecule has 0 unspecified atom stereocenters. The van der Waals surface area contributed by atoms with Crippen LogP contribution in [-0.4, -0.2) is 40.0 Å². The summed E-state index contributed by atoms with van der Waals surface area (Å²) in [7, 11) is 0. The van der Waals surface area contributed by atoms with Gasteiger partial charge in [-0.1, -0.05) is 12.8 Å². The molecule has 1 saturated heterocycles. The summed E-state index contributed by atoms with van der Waals surface area (Å²) in [6.07, 6.45) is 2.88. The third-order valence-corrected chi connectivity index (χ3v) is 5.44. The number of carbonyl (C=O) groups excluding carboxylic acids is 3. The number of benzene rings is 1. The molecule has 2 fully saturated rings. The van der Waals surface area contributed by atoms with Crippen LogP contribution < -0.4 is 10.9 Å². The van der Waals surface area contributed by atoms with Gasteiger partial charge in [0.2, 0.25) is 0 Å². The van der Waals surface area contributed by atoms with Crippen LogP contribution in [0.2, 0.25) is 0 Å². The number of phenols is 1. The number of phenolic OH excluding ortho intramolecular Hbond substituents is 1. The third-order valence-electron chi connectivity index (χ3n) is 5.44. The van der Waals surface area contributed by atoms with Crippen LogP contribution in [-0.2, 0) is 20.9 Å². The molecule has 29 heavy (non-hydrogen) atoms. The van der Waals surface area contributed by atoms with Gasteiger partial charge < -0.3 is 19.6 Å². The first kappa shape index (κ1) is 19.0. The average molecular weight is 400 g/mol. The van der Waals surface area contributed by atoms with Gasteiger partial charge in [0.1, 0.15) is 23.5 Å². The van der Waals surface area contributed by atoms with Crippen molar-refractivity contribution in [2.24, 2.45) is 0 Å². The van der Waals surface area contributed by atoms with Gasteiger partial charge in [-0.2, -0.15) is 0 Å². The minimum absolute atomic E-state index is 0.0524. The molecule has 2 heterocycles. The summed E-state index contributed by atoms with van der Waals surface area (Å²) in [5.41, 5.74) is -0.812. The molecule has 1 spiro atoms. The number of esters is 1. The van der Waals surface area contributed by atoms with Crippen LogP contribution in [0.3, 0.4) is 0 Å². The number of urea groups is 1. The quantitative estimate of drug-likeness (QED) is 0.445. The first-order valence-corrected chi connectivity index (χ1v) is 9.43. The molecule has 0 bridgehead atoms. The molecule has 1 aliphatic carbocycles. The zero-order valence-electron chi connectivity index (χ0n) is 15.6. The molecule has 1 aromatic heterocycles. The van der Waals surface area contributed by atoms with Gasteiger partial charge in [-0.25, -0.2) is 9.59 Å². The molecular weight excluding hydrogens is 380 g/mol. The smallest absolute Gasteiger partial charge is 0.336 e. The van der Waals surface area contributed by atoms with E-state index in [-0.39, 0.29) is 36.8 Å². The fraction of sp³-hybridized carbons (Fsp3) is 0.400. The topological polar surface area (TPSA) is 126 Å². The number of aromatic hydroxyl groups is 1. The summed E-state index contributed by atoms with van der Waals surface area (Å²) >= 11 is 0. The summed E-state index contributed by atoms with van der Waals surface area (Å²) in [5, 5.41) is 12.8. The van der Waals surface area contributed by atoms with E-state index < -0.39 is 23.2 Å². The van der Waals surface area contributed by atoms with E-state index >= 15 is 0 Å². The Morgan fingerprint density at radius 2 is 1.97 bits per heavy atom. The molecule has 152 valence electrons. The summed E-state index contributed by atoms with van der Waals surface area (Å²) in [6.45, 7) is -0.230. The molecule has 3 amide bonds. The van der Waals surface area contributed by atoms with Crippen molar-refractivity contribution in [2.45, 2.75) is 44.2 Å². The SMILES string of the molecule is O=C(CCN1C(=O)NC2(CCCC2)C1=O)OCc1cc(=O)oc2cc(O)ccc12. The van der Waals surface area contributed by atoms with Gasteiger partial charge in [-0.15, -0.1) is 0 Å². The van der Waals surface area contributed by atoms with Gasteiger partial charge in [0, 0.05) is 29.6 Å². The van der Waals surface area contributed by atoms with Crippen molar-refractivity contribution < 1.29 is 28.6 Å². The van der Waals surface area contributed by atoms with Crippen LogP contribution in [0.15, 0.2) is 33.5 Å². The molecule has 4 rings (SSSR count). The van der Waals surface area contributed by atoms with Crippen LogP contribution in [0.5, 0.6) is 5.75 Å². The van der Waals surface area contributed by atoms with E-state index in [1.165, 1.54) is 18.2 Å². The summed E-state index contributed by atoms with van der Waals surface area (Å²) < 4.78 is 10.2. The van der Waals surface area contributed by atoms with Crippen molar-refractivity contribution in [1.82, 2.24) is 10.2 Å². The molecule has 9 heteroatoms. The highest BCUT2D eigenvalue weighted by Crippen LogP contribution is 2.35. The van der Waals surface area contributed by atoms with Gasteiger partial charge in [0.05, 0.1) is 6.42 Å². The second-order valence-electron chi connectivity index (χ2n) is 7.36. The fourth-order valence-electron chi connectivity index (χ4n) is 3.97. The number of carbonyl (C=O) groups is 3. The van der Waals surface area contributed by atoms with Gasteiger partial charge in [0.15, 0.2) is 0 Å². The van der Waals surface area contributed by atoms with Gasteiger partial charge in [-0.05, 0) is 25.0 Å². The molecule has 9 nitrogen and oxygen atoms in total. The van der Waals surface area contributed by atoms with Crippen molar-refractivity contribution in [3.8, 4) is 5.75 Å². The second-order valence-corrected chi connectivity index (χ2v) is 7.36.